The molecule has 78 valence electrons. The van der Waals surface area contributed by atoms with Gasteiger partial charge in [-0.05, 0) is 44.6 Å². The van der Waals surface area contributed by atoms with E-state index in [0.717, 1.165) is 12.0 Å². The zero-order valence-electron chi connectivity index (χ0n) is 9.05. The molecule has 0 aromatic rings. The van der Waals surface area contributed by atoms with Crippen molar-refractivity contribution in [2.45, 2.75) is 58.0 Å². The maximum atomic E-state index is 5.85. The summed E-state index contributed by atoms with van der Waals surface area (Å²) in [5.41, 5.74) is 5.85. The quantitative estimate of drug-likeness (QED) is 0.700. The topological polar surface area (TPSA) is 38.0 Å². The van der Waals surface area contributed by atoms with Crippen LogP contribution in [0.25, 0.3) is 0 Å². The summed E-state index contributed by atoms with van der Waals surface area (Å²) in [6.45, 7) is 5.73. The molecule has 13 heavy (non-hydrogen) atoms. The Morgan fingerprint density at radius 1 is 1.23 bits per heavy atom. The lowest BCUT2D eigenvalue weighted by molar-refractivity contribution is 0.336. The maximum absolute atomic E-state index is 5.85. The molecule has 3 N–H and O–H groups in total. The van der Waals surface area contributed by atoms with E-state index in [-0.39, 0.29) is 0 Å². The molecule has 2 nitrogen and oxygen atoms in total. The van der Waals surface area contributed by atoms with Crippen LogP contribution in [0.15, 0.2) is 0 Å². The molecule has 0 spiro atoms. The van der Waals surface area contributed by atoms with Gasteiger partial charge in [-0.3, -0.25) is 0 Å². The summed E-state index contributed by atoms with van der Waals surface area (Å²) >= 11 is 0. The molecule has 1 saturated carbocycles. The van der Waals surface area contributed by atoms with Crippen LogP contribution in [0, 0.1) is 5.92 Å². The van der Waals surface area contributed by atoms with Gasteiger partial charge in [-0.2, -0.15) is 0 Å². The average Bonchev–Trinajstić information content (AvgIpc) is 2.08. The Kier molecular flexibility index (Phi) is 4.74. The fraction of sp³-hybridized carbons (Fsp3) is 1.00. The predicted molar refractivity (Wildman–Crippen MR) is 57.7 cm³/mol. The Hall–Kier alpha value is -0.0800. The third-order valence-electron chi connectivity index (χ3n) is 2.93. The molecular weight excluding hydrogens is 160 g/mol. The van der Waals surface area contributed by atoms with Crippen molar-refractivity contribution < 1.29 is 0 Å². The standard InChI is InChI=1S/C11H24N2/c1-9(2)7-8-13-11-5-3-10(12)4-6-11/h9-11,13H,3-8,12H2,1-2H3. The second-order valence-corrected chi connectivity index (χ2v) is 4.75. The van der Waals surface area contributed by atoms with Gasteiger partial charge in [-0.25, -0.2) is 0 Å². The molecule has 0 unspecified atom stereocenters. The Bertz CT molecular complexity index is 126. The van der Waals surface area contributed by atoms with Crippen LogP contribution in [0.1, 0.15) is 46.0 Å². The van der Waals surface area contributed by atoms with Crippen LogP contribution in [0.4, 0.5) is 0 Å². The fourth-order valence-corrected chi connectivity index (χ4v) is 1.90. The highest BCUT2D eigenvalue weighted by Crippen LogP contribution is 2.16. The highest BCUT2D eigenvalue weighted by molar-refractivity contribution is 4.78. The molecule has 2 heteroatoms. The number of nitrogens with one attached hydrogen (secondary N) is 1. The van der Waals surface area contributed by atoms with E-state index in [9.17, 15) is 0 Å². The monoisotopic (exact) mass is 184 g/mol. The number of hydrogen-bond donors (Lipinski definition) is 2. The summed E-state index contributed by atoms with van der Waals surface area (Å²) in [4.78, 5) is 0. The minimum Gasteiger partial charge on any atom is -0.328 e. The van der Waals surface area contributed by atoms with Gasteiger partial charge < -0.3 is 11.1 Å². The molecule has 1 fully saturated rings. The lowest BCUT2D eigenvalue weighted by atomic mass is 9.92. The van der Waals surface area contributed by atoms with Crippen molar-refractivity contribution in [3.8, 4) is 0 Å². The summed E-state index contributed by atoms with van der Waals surface area (Å²) < 4.78 is 0. The Balaban J connectivity index is 2.02. The van der Waals surface area contributed by atoms with E-state index < -0.39 is 0 Å². The Labute approximate surface area is 82.3 Å². The van der Waals surface area contributed by atoms with Gasteiger partial charge in [0.1, 0.15) is 0 Å². The summed E-state index contributed by atoms with van der Waals surface area (Å²) in [7, 11) is 0. The van der Waals surface area contributed by atoms with E-state index in [1.165, 1.54) is 38.6 Å². The largest absolute Gasteiger partial charge is 0.328 e. The van der Waals surface area contributed by atoms with E-state index in [4.69, 9.17) is 5.73 Å². The Morgan fingerprint density at radius 3 is 2.38 bits per heavy atom. The highest BCUT2D eigenvalue weighted by Gasteiger charge is 2.17. The normalized spacial score (nSPS) is 29.5. The second-order valence-electron chi connectivity index (χ2n) is 4.75. The molecule has 0 heterocycles. The first kappa shape index (κ1) is 11.0. The lowest BCUT2D eigenvalue weighted by Gasteiger charge is -2.27. The lowest BCUT2D eigenvalue weighted by Crippen LogP contribution is -2.37. The van der Waals surface area contributed by atoms with Gasteiger partial charge in [0.05, 0.1) is 0 Å². The minimum atomic E-state index is 0.475. The summed E-state index contributed by atoms with van der Waals surface area (Å²) in [6.07, 6.45) is 6.26. The number of hydrogen-bond acceptors (Lipinski definition) is 2. The van der Waals surface area contributed by atoms with E-state index >= 15 is 0 Å². The van der Waals surface area contributed by atoms with Crippen molar-refractivity contribution in [3.05, 3.63) is 0 Å². The summed E-state index contributed by atoms with van der Waals surface area (Å²) in [6, 6.07) is 1.22. The second kappa shape index (κ2) is 5.61. The van der Waals surface area contributed by atoms with Gasteiger partial charge in [0.25, 0.3) is 0 Å². The van der Waals surface area contributed by atoms with Gasteiger partial charge in [0, 0.05) is 12.1 Å². The summed E-state index contributed by atoms with van der Waals surface area (Å²) in [5.74, 6) is 0.818. The number of rotatable bonds is 4. The molecule has 0 amide bonds. The average molecular weight is 184 g/mol. The molecule has 0 bridgehead atoms. The molecule has 0 aliphatic heterocycles. The molecular formula is C11H24N2. The molecule has 1 rings (SSSR count). The van der Waals surface area contributed by atoms with Crippen LogP contribution < -0.4 is 11.1 Å². The highest BCUT2D eigenvalue weighted by atomic mass is 14.9. The van der Waals surface area contributed by atoms with E-state index in [1.807, 2.05) is 0 Å². The van der Waals surface area contributed by atoms with E-state index in [0.29, 0.717) is 6.04 Å². The third-order valence-corrected chi connectivity index (χ3v) is 2.93. The number of nitrogens with two attached hydrogens (primary N) is 1. The summed E-state index contributed by atoms with van der Waals surface area (Å²) in [5, 5.41) is 3.62. The van der Waals surface area contributed by atoms with Gasteiger partial charge in [-0.15, -0.1) is 0 Å². The van der Waals surface area contributed by atoms with Crippen LogP contribution in [-0.4, -0.2) is 18.6 Å². The van der Waals surface area contributed by atoms with Gasteiger partial charge in [0.15, 0.2) is 0 Å². The molecule has 0 radical (unpaired) electrons. The van der Waals surface area contributed by atoms with Crippen molar-refractivity contribution in [3.63, 3.8) is 0 Å². The van der Waals surface area contributed by atoms with Crippen molar-refractivity contribution in [2.75, 3.05) is 6.54 Å². The minimum absolute atomic E-state index is 0.475. The van der Waals surface area contributed by atoms with Crippen molar-refractivity contribution in [2.24, 2.45) is 11.7 Å². The van der Waals surface area contributed by atoms with Crippen molar-refractivity contribution in [1.82, 2.24) is 5.32 Å². The molecule has 1 aliphatic rings. The molecule has 0 aromatic heterocycles. The third kappa shape index (κ3) is 4.63. The predicted octanol–water partition coefficient (Wildman–Crippen LogP) is 1.89. The van der Waals surface area contributed by atoms with Crippen LogP contribution in [0.5, 0.6) is 0 Å². The van der Waals surface area contributed by atoms with E-state index in [2.05, 4.69) is 19.2 Å². The maximum Gasteiger partial charge on any atom is 0.00682 e. The van der Waals surface area contributed by atoms with Gasteiger partial charge in [-0.1, -0.05) is 13.8 Å². The van der Waals surface area contributed by atoms with E-state index in [1.54, 1.807) is 0 Å². The zero-order chi connectivity index (χ0) is 9.68. The first-order valence-electron chi connectivity index (χ1n) is 5.67. The van der Waals surface area contributed by atoms with Crippen LogP contribution in [0.2, 0.25) is 0 Å². The first-order valence-corrected chi connectivity index (χ1v) is 5.67. The van der Waals surface area contributed by atoms with Gasteiger partial charge in [0.2, 0.25) is 0 Å². The molecule has 1 aliphatic carbocycles. The fourth-order valence-electron chi connectivity index (χ4n) is 1.90. The molecule has 0 atom stereocenters. The van der Waals surface area contributed by atoms with Gasteiger partial charge >= 0.3 is 0 Å². The van der Waals surface area contributed by atoms with Crippen molar-refractivity contribution >= 4 is 0 Å². The molecule has 0 aromatic carbocycles. The first-order chi connectivity index (χ1) is 6.18. The zero-order valence-corrected chi connectivity index (χ0v) is 9.05. The van der Waals surface area contributed by atoms with Crippen molar-refractivity contribution in [1.29, 1.82) is 0 Å². The Morgan fingerprint density at radius 2 is 1.85 bits per heavy atom. The molecule has 0 saturated heterocycles. The smallest absolute Gasteiger partial charge is 0.00682 e. The van der Waals surface area contributed by atoms with Crippen LogP contribution >= 0.6 is 0 Å². The SMILES string of the molecule is CC(C)CCNC1CCC(N)CC1. The van der Waals surface area contributed by atoms with Crippen LogP contribution in [-0.2, 0) is 0 Å². The van der Waals surface area contributed by atoms with Crippen LogP contribution in [0.3, 0.4) is 0 Å².